The maximum absolute atomic E-state index is 13.6. The van der Waals surface area contributed by atoms with E-state index in [0.717, 1.165) is 17.0 Å². The van der Waals surface area contributed by atoms with Crippen molar-refractivity contribution in [2.24, 2.45) is 11.8 Å². The van der Waals surface area contributed by atoms with E-state index in [2.05, 4.69) is 26.7 Å². The van der Waals surface area contributed by atoms with Crippen LogP contribution in [0.3, 0.4) is 0 Å². The molecule has 0 saturated carbocycles. The van der Waals surface area contributed by atoms with Gasteiger partial charge in [0.05, 0.1) is 5.69 Å². The zero-order valence-corrected chi connectivity index (χ0v) is 16.0. The van der Waals surface area contributed by atoms with Gasteiger partial charge in [-0.15, -0.1) is 11.3 Å². The molecule has 3 rings (SSSR count). The van der Waals surface area contributed by atoms with Gasteiger partial charge >= 0.3 is 0 Å². The first kappa shape index (κ1) is 17.7. The summed E-state index contributed by atoms with van der Waals surface area (Å²) in [5.74, 6) is -2.15. The Hall–Kier alpha value is -1.16. The monoisotopic (exact) mass is 436 g/mol. The SMILES string of the molecule is CN1C[C@H](C2=C(Br)C(Cl)NN2C)[C@@H](C(=O)Nc2ccsc2F)C1=O. The first-order valence-corrected chi connectivity index (χ1v) is 9.24. The molecule has 0 bridgehead atoms. The molecular weight excluding hydrogens is 423 g/mol. The fourth-order valence-electron chi connectivity index (χ4n) is 3.04. The van der Waals surface area contributed by atoms with Crippen molar-refractivity contribution in [1.82, 2.24) is 15.3 Å². The Balaban J connectivity index is 1.90. The van der Waals surface area contributed by atoms with Crippen LogP contribution >= 0.6 is 38.9 Å². The van der Waals surface area contributed by atoms with Crippen molar-refractivity contribution in [3.8, 4) is 0 Å². The summed E-state index contributed by atoms with van der Waals surface area (Å²) < 4.78 is 14.3. The third-order valence-corrected chi connectivity index (χ3v) is 6.30. The second kappa shape index (κ2) is 6.62. The van der Waals surface area contributed by atoms with E-state index < -0.39 is 22.5 Å². The van der Waals surface area contributed by atoms with Crippen LogP contribution in [0.4, 0.5) is 10.1 Å². The molecule has 24 heavy (non-hydrogen) atoms. The lowest BCUT2D eigenvalue weighted by Gasteiger charge is -2.24. The average Bonchev–Trinajstić information content (AvgIpc) is 3.11. The Morgan fingerprint density at radius 1 is 1.54 bits per heavy atom. The zero-order valence-electron chi connectivity index (χ0n) is 12.8. The number of likely N-dealkylation sites (tertiary alicyclic amines) is 1. The molecule has 6 nitrogen and oxygen atoms in total. The molecule has 2 amide bonds. The van der Waals surface area contributed by atoms with Gasteiger partial charge in [-0.1, -0.05) is 27.5 Å². The van der Waals surface area contributed by atoms with Crippen LogP contribution in [0.25, 0.3) is 0 Å². The van der Waals surface area contributed by atoms with Gasteiger partial charge in [0, 0.05) is 36.7 Å². The highest BCUT2D eigenvalue weighted by atomic mass is 79.9. The van der Waals surface area contributed by atoms with E-state index in [1.54, 1.807) is 19.1 Å². The van der Waals surface area contributed by atoms with Gasteiger partial charge in [-0.05, 0) is 11.4 Å². The van der Waals surface area contributed by atoms with Gasteiger partial charge in [-0.3, -0.25) is 9.59 Å². The van der Waals surface area contributed by atoms with Crippen LogP contribution in [0.15, 0.2) is 21.6 Å². The smallest absolute Gasteiger partial charge is 0.237 e. The predicted molar refractivity (Wildman–Crippen MR) is 94.0 cm³/mol. The average molecular weight is 438 g/mol. The van der Waals surface area contributed by atoms with E-state index >= 15 is 0 Å². The third-order valence-electron chi connectivity index (χ3n) is 4.16. The normalized spacial score (nSPS) is 27.4. The molecule has 3 atom stereocenters. The van der Waals surface area contributed by atoms with Gasteiger partial charge in [0.1, 0.15) is 11.4 Å². The molecule has 2 N–H and O–H groups in total. The predicted octanol–water partition coefficient (Wildman–Crippen LogP) is 2.15. The lowest BCUT2D eigenvalue weighted by Crippen LogP contribution is -2.38. The number of hydrogen-bond donors (Lipinski definition) is 2. The topological polar surface area (TPSA) is 64.7 Å². The summed E-state index contributed by atoms with van der Waals surface area (Å²) in [5, 5.41) is 5.28. The number of hydrazine groups is 1. The lowest BCUT2D eigenvalue weighted by atomic mass is 9.91. The van der Waals surface area contributed by atoms with Crippen LogP contribution in [0.2, 0.25) is 0 Å². The summed E-state index contributed by atoms with van der Waals surface area (Å²) in [6.45, 7) is 0.378. The van der Waals surface area contributed by atoms with Crippen molar-refractivity contribution >= 4 is 56.4 Å². The first-order chi connectivity index (χ1) is 11.3. The van der Waals surface area contributed by atoms with Gasteiger partial charge in [0.25, 0.3) is 0 Å². The minimum Gasteiger partial charge on any atom is -0.344 e. The first-order valence-electron chi connectivity index (χ1n) is 7.13. The van der Waals surface area contributed by atoms with Crippen molar-refractivity contribution in [3.05, 3.63) is 26.8 Å². The number of hydrogen-bond acceptors (Lipinski definition) is 5. The molecule has 0 aromatic carbocycles. The van der Waals surface area contributed by atoms with Gasteiger partial charge in [-0.25, -0.2) is 5.43 Å². The highest BCUT2D eigenvalue weighted by Crippen LogP contribution is 2.39. The molecule has 2 aliphatic rings. The number of nitrogens with zero attached hydrogens (tertiary/aromatic N) is 2. The largest absolute Gasteiger partial charge is 0.344 e. The van der Waals surface area contributed by atoms with Crippen LogP contribution in [-0.2, 0) is 9.59 Å². The van der Waals surface area contributed by atoms with E-state index in [1.165, 1.54) is 16.3 Å². The molecule has 10 heteroatoms. The van der Waals surface area contributed by atoms with Crippen LogP contribution < -0.4 is 10.7 Å². The Labute approximate surface area is 155 Å². The number of carbonyl (C=O) groups excluding carboxylic acids is 2. The molecule has 2 aliphatic heterocycles. The number of halogens is 3. The fourth-order valence-corrected chi connectivity index (χ4v) is 4.53. The molecule has 1 unspecified atom stereocenters. The van der Waals surface area contributed by atoms with Crippen molar-refractivity contribution in [2.75, 3.05) is 26.0 Å². The van der Waals surface area contributed by atoms with Gasteiger partial charge in [0.15, 0.2) is 5.13 Å². The summed E-state index contributed by atoms with van der Waals surface area (Å²) in [6, 6.07) is 1.48. The Kier molecular flexibility index (Phi) is 4.87. The summed E-state index contributed by atoms with van der Waals surface area (Å²) >= 11 is 10.5. The summed E-state index contributed by atoms with van der Waals surface area (Å²) in [5.41, 5.74) is 3.38. The number of nitrogens with one attached hydrogen (secondary N) is 2. The van der Waals surface area contributed by atoms with E-state index in [-0.39, 0.29) is 17.5 Å². The molecule has 1 aromatic heterocycles. The molecule has 130 valence electrons. The number of thiophene rings is 1. The Bertz CT molecular complexity index is 727. The lowest BCUT2D eigenvalue weighted by molar-refractivity contribution is -0.135. The van der Waals surface area contributed by atoms with Gasteiger partial charge in [0.2, 0.25) is 11.8 Å². The minimum absolute atomic E-state index is 0.0901. The van der Waals surface area contributed by atoms with Crippen molar-refractivity contribution in [2.45, 2.75) is 5.50 Å². The third kappa shape index (κ3) is 2.94. The van der Waals surface area contributed by atoms with Crippen molar-refractivity contribution in [3.63, 3.8) is 0 Å². The van der Waals surface area contributed by atoms with E-state index in [1.807, 2.05) is 0 Å². The summed E-state index contributed by atoms with van der Waals surface area (Å²) in [6.07, 6.45) is 0. The molecule has 3 heterocycles. The minimum atomic E-state index is -0.942. The highest BCUT2D eigenvalue weighted by Gasteiger charge is 2.48. The molecule has 1 aromatic rings. The maximum atomic E-state index is 13.6. The zero-order chi connectivity index (χ0) is 17.6. The van der Waals surface area contributed by atoms with Crippen molar-refractivity contribution in [1.29, 1.82) is 0 Å². The van der Waals surface area contributed by atoms with E-state index in [0.29, 0.717) is 11.0 Å². The molecule has 1 fully saturated rings. The van der Waals surface area contributed by atoms with Crippen LogP contribution in [-0.4, -0.2) is 47.9 Å². The number of rotatable bonds is 3. The molecule has 0 aliphatic carbocycles. The number of alkyl halides is 1. The van der Waals surface area contributed by atoms with Gasteiger partial charge < -0.3 is 15.2 Å². The number of anilines is 1. The Morgan fingerprint density at radius 2 is 2.25 bits per heavy atom. The molecule has 1 saturated heterocycles. The van der Waals surface area contributed by atoms with Crippen LogP contribution in [0.5, 0.6) is 0 Å². The van der Waals surface area contributed by atoms with Crippen LogP contribution in [0, 0.1) is 17.0 Å². The van der Waals surface area contributed by atoms with E-state index in [9.17, 15) is 14.0 Å². The highest BCUT2D eigenvalue weighted by molar-refractivity contribution is 9.11. The second-order valence-electron chi connectivity index (χ2n) is 5.68. The quantitative estimate of drug-likeness (QED) is 0.432. The Morgan fingerprint density at radius 3 is 2.79 bits per heavy atom. The number of carbonyl (C=O) groups is 2. The molecule has 0 radical (unpaired) electrons. The summed E-state index contributed by atoms with van der Waals surface area (Å²) in [7, 11) is 3.41. The van der Waals surface area contributed by atoms with Gasteiger partial charge in [-0.2, -0.15) is 4.39 Å². The van der Waals surface area contributed by atoms with Crippen molar-refractivity contribution < 1.29 is 14.0 Å². The second-order valence-corrected chi connectivity index (χ2v) is 7.84. The fraction of sp³-hybridized carbons (Fsp3) is 0.429. The van der Waals surface area contributed by atoms with Crippen LogP contribution in [0.1, 0.15) is 0 Å². The summed E-state index contributed by atoms with van der Waals surface area (Å²) in [4.78, 5) is 26.6. The standard InChI is InChI=1S/C14H15BrClFN4O2S/c1-20-5-6(10-9(15)11(16)19-21(10)2)8(14(20)23)13(22)18-7-3-4-24-12(7)17/h3-4,6,8,11,19H,5H2,1-2H3,(H,18,22)/t6-,8-,11?/m0/s1. The van der Waals surface area contributed by atoms with E-state index in [4.69, 9.17) is 11.6 Å². The maximum Gasteiger partial charge on any atom is 0.237 e. The molecule has 0 spiro atoms. The number of amides is 2. The molecular formula is C14H15BrClFN4O2S.